The Balaban J connectivity index is 1.97. The Labute approximate surface area is 149 Å². The van der Waals surface area contributed by atoms with E-state index in [1.807, 2.05) is 25.1 Å². The number of pyridine rings is 1. The van der Waals surface area contributed by atoms with Crippen molar-refractivity contribution in [2.24, 2.45) is 4.99 Å². The number of aliphatic imine (C=N–C) groups is 1. The Morgan fingerprint density at radius 2 is 1.88 bits per heavy atom. The van der Waals surface area contributed by atoms with Crippen molar-refractivity contribution in [2.75, 3.05) is 12.8 Å². The van der Waals surface area contributed by atoms with Gasteiger partial charge in [-0.05, 0) is 30.7 Å². The van der Waals surface area contributed by atoms with Crippen molar-refractivity contribution in [3.05, 3.63) is 60.4 Å². The molecule has 0 radical (unpaired) electrons. The molecule has 2 N–H and O–H groups in total. The molecule has 7 heteroatoms. The number of nitrogens with zero attached hydrogens (tertiary/aromatic N) is 2. The topological polar surface area (TPSA) is 83.5 Å². The van der Waals surface area contributed by atoms with E-state index in [4.69, 9.17) is 0 Å². The molecular weight excluding hydrogens is 336 g/mol. The molecule has 1 aromatic heterocycles. The second kappa shape index (κ2) is 9.17. The molecule has 0 spiro atoms. The van der Waals surface area contributed by atoms with E-state index in [2.05, 4.69) is 20.6 Å². The Hall–Kier alpha value is -2.41. The van der Waals surface area contributed by atoms with E-state index in [1.54, 1.807) is 43.6 Å². The number of hydrogen-bond acceptors (Lipinski definition) is 4. The van der Waals surface area contributed by atoms with E-state index >= 15 is 0 Å². The van der Waals surface area contributed by atoms with E-state index in [0.29, 0.717) is 23.8 Å². The molecule has 0 amide bonds. The van der Waals surface area contributed by atoms with Crippen molar-refractivity contribution in [3.8, 4) is 0 Å². The van der Waals surface area contributed by atoms with Crippen LogP contribution in [0.1, 0.15) is 19.0 Å². The van der Waals surface area contributed by atoms with Gasteiger partial charge in [-0.25, -0.2) is 8.42 Å². The molecule has 0 fully saturated rings. The highest BCUT2D eigenvalue weighted by molar-refractivity contribution is 7.91. The summed E-state index contributed by atoms with van der Waals surface area (Å²) in [5.41, 5.74) is 0.885. The molecule has 134 valence electrons. The second-order valence-electron chi connectivity index (χ2n) is 5.59. The zero-order valence-electron chi connectivity index (χ0n) is 14.5. The molecule has 25 heavy (non-hydrogen) atoms. The first kappa shape index (κ1) is 18.9. The number of benzene rings is 1. The lowest BCUT2D eigenvalue weighted by molar-refractivity contribution is 0.568. The second-order valence-corrected chi connectivity index (χ2v) is 7.63. The fourth-order valence-electron chi connectivity index (χ4n) is 2.32. The van der Waals surface area contributed by atoms with Gasteiger partial charge in [-0.2, -0.15) is 0 Å². The summed E-state index contributed by atoms with van der Waals surface area (Å²) in [6.07, 6.45) is 2.39. The first-order valence-electron chi connectivity index (χ1n) is 8.20. The largest absolute Gasteiger partial charge is 0.353 e. The molecule has 1 unspecified atom stereocenters. The normalized spacial score (nSPS) is 13.3. The standard InChI is InChI=1S/C18H24N4O2S/c1-3-15(14-25(23,24)17-10-5-4-6-11-17)22-18(19-2)21-13-16-9-7-8-12-20-16/h4-12,15H,3,13-14H2,1-2H3,(H2,19,21,22). The van der Waals surface area contributed by atoms with Gasteiger partial charge in [0.25, 0.3) is 0 Å². The molecule has 0 saturated heterocycles. The molecule has 0 aliphatic carbocycles. The molecule has 0 aliphatic heterocycles. The van der Waals surface area contributed by atoms with Crippen molar-refractivity contribution in [1.82, 2.24) is 15.6 Å². The summed E-state index contributed by atoms with van der Waals surface area (Å²) < 4.78 is 25.1. The molecule has 6 nitrogen and oxygen atoms in total. The fourth-order valence-corrected chi connectivity index (χ4v) is 3.93. The van der Waals surface area contributed by atoms with Crippen molar-refractivity contribution < 1.29 is 8.42 Å². The predicted octanol–water partition coefficient (Wildman–Crippen LogP) is 2.00. The third-order valence-corrected chi connectivity index (χ3v) is 5.57. The predicted molar refractivity (Wildman–Crippen MR) is 100 cm³/mol. The number of nitrogens with one attached hydrogen (secondary N) is 2. The van der Waals surface area contributed by atoms with Crippen molar-refractivity contribution >= 4 is 15.8 Å². The molecule has 1 atom stereocenters. The molecule has 1 heterocycles. The summed E-state index contributed by atoms with van der Waals surface area (Å²) in [6.45, 7) is 2.46. The maximum absolute atomic E-state index is 12.5. The molecule has 2 rings (SSSR count). The highest BCUT2D eigenvalue weighted by atomic mass is 32.2. The minimum atomic E-state index is -3.35. The number of rotatable bonds is 7. The lowest BCUT2D eigenvalue weighted by atomic mass is 10.2. The van der Waals surface area contributed by atoms with Gasteiger partial charge in [0, 0.05) is 19.3 Å². The number of sulfone groups is 1. The quantitative estimate of drug-likeness (QED) is 0.583. The van der Waals surface area contributed by atoms with Gasteiger partial charge < -0.3 is 10.6 Å². The first-order valence-corrected chi connectivity index (χ1v) is 9.85. The molecule has 1 aromatic carbocycles. The van der Waals surface area contributed by atoms with Gasteiger partial charge in [0.05, 0.1) is 22.9 Å². The van der Waals surface area contributed by atoms with Crippen LogP contribution in [-0.2, 0) is 16.4 Å². The average Bonchev–Trinajstić information content (AvgIpc) is 2.65. The van der Waals surface area contributed by atoms with Crippen LogP contribution in [0.2, 0.25) is 0 Å². The van der Waals surface area contributed by atoms with Crippen LogP contribution in [-0.4, -0.2) is 38.2 Å². The minimum Gasteiger partial charge on any atom is -0.353 e. The van der Waals surface area contributed by atoms with E-state index in [9.17, 15) is 8.42 Å². The highest BCUT2D eigenvalue weighted by Crippen LogP contribution is 2.12. The van der Waals surface area contributed by atoms with E-state index in [1.165, 1.54) is 0 Å². The first-order chi connectivity index (χ1) is 12.0. The Kier molecular flexibility index (Phi) is 6.94. The van der Waals surface area contributed by atoms with Crippen molar-refractivity contribution in [1.29, 1.82) is 0 Å². The molecule has 0 bridgehead atoms. The summed E-state index contributed by atoms with van der Waals surface area (Å²) in [4.78, 5) is 8.75. The molecule has 2 aromatic rings. The molecular formula is C18H24N4O2S. The summed E-state index contributed by atoms with van der Waals surface area (Å²) in [7, 11) is -1.69. The SMILES string of the molecule is CCC(CS(=O)(=O)c1ccccc1)NC(=NC)NCc1ccccn1. The van der Waals surface area contributed by atoms with Gasteiger partial charge in [0.2, 0.25) is 0 Å². The number of aromatic nitrogens is 1. The monoisotopic (exact) mass is 360 g/mol. The molecule has 0 aliphatic rings. The fraction of sp³-hybridized carbons (Fsp3) is 0.333. The third-order valence-electron chi connectivity index (χ3n) is 3.74. The van der Waals surface area contributed by atoms with Gasteiger partial charge in [-0.15, -0.1) is 0 Å². The van der Waals surface area contributed by atoms with Crippen LogP contribution in [0.25, 0.3) is 0 Å². The van der Waals surface area contributed by atoms with E-state index in [0.717, 1.165) is 5.69 Å². The van der Waals surface area contributed by atoms with Gasteiger partial charge in [0.15, 0.2) is 15.8 Å². The lowest BCUT2D eigenvalue weighted by Gasteiger charge is -2.20. The summed E-state index contributed by atoms with van der Waals surface area (Å²) in [6, 6.07) is 14.0. The Morgan fingerprint density at radius 3 is 2.48 bits per heavy atom. The smallest absolute Gasteiger partial charge is 0.191 e. The van der Waals surface area contributed by atoms with Crippen LogP contribution in [0.4, 0.5) is 0 Å². The Bertz CT molecular complexity index is 777. The average molecular weight is 360 g/mol. The van der Waals surface area contributed by atoms with Crippen molar-refractivity contribution in [3.63, 3.8) is 0 Å². The van der Waals surface area contributed by atoms with Crippen LogP contribution < -0.4 is 10.6 Å². The van der Waals surface area contributed by atoms with Crippen LogP contribution in [0, 0.1) is 0 Å². The summed E-state index contributed by atoms with van der Waals surface area (Å²) >= 11 is 0. The zero-order valence-corrected chi connectivity index (χ0v) is 15.3. The van der Waals surface area contributed by atoms with Gasteiger partial charge in [-0.3, -0.25) is 9.98 Å². The van der Waals surface area contributed by atoms with E-state index < -0.39 is 9.84 Å². The van der Waals surface area contributed by atoms with Crippen LogP contribution in [0.5, 0.6) is 0 Å². The highest BCUT2D eigenvalue weighted by Gasteiger charge is 2.20. The maximum Gasteiger partial charge on any atom is 0.191 e. The zero-order chi connectivity index (χ0) is 18.1. The lowest BCUT2D eigenvalue weighted by Crippen LogP contribution is -2.45. The minimum absolute atomic E-state index is 0.0117. The number of hydrogen-bond donors (Lipinski definition) is 2. The third kappa shape index (κ3) is 5.86. The van der Waals surface area contributed by atoms with Crippen molar-refractivity contribution in [2.45, 2.75) is 30.8 Å². The van der Waals surface area contributed by atoms with Gasteiger partial charge >= 0.3 is 0 Å². The maximum atomic E-state index is 12.5. The molecule has 0 saturated carbocycles. The van der Waals surface area contributed by atoms with Gasteiger partial charge in [0.1, 0.15) is 0 Å². The van der Waals surface area contributed by atoms with Crippen LogP contribution >= 0.6 is 0 Å². The van der Waals surface area contributed by atoms with E-state index in [-0.39, 0.29) is 11.8 Å². The Morgan fingerprint density at radius 1 is 1.16 bits per heavy atom. The van der Waals surface area contributed by atoms with Crippen LogP contribution in [0.3, 0.4) is 0 Å². The summed E-state index contributed by atoms with van der Waals surface area (Å²) in [5, 5.41) is 6.34. The van der Waals surface area contributed by atoms with Gasteiger partial charge in [-0.1, -0.05) is 31.2 Å². The number of guanidine groups is 1. The summed E-state index contributed by atoms with van der Waals surface area (Å²) in [5.74, 6) is 0.568. The van der Waals surface area contributed by atoms with Crippen LogP contribution in [0.15, 0.2) is 64.6 Å².